The predicted octanol–water partition coefficient (Wildman–Crippen LogP) is 4.86. The van der Waals surface area contributed by atoms with Crippen LogP contribution in [0.1, 0.15) is 16.8 Å². The van der Waals surface area contributed by atoms with Crippen LogP contribution in [0.25, 0.3) is 0 Å². The fourth-order valence-electron chi connectivity index (χ4n) is 1.82. The number of rotatable bonds is 2. The van der Waals surface area contributed by atoms with Crippen LogP contribution >= 0.6 is 23.2 Å². The second kappa shape index (κ2) is 5.26. The molecule has 0 saturated heterocycles. The molecule has 0 saturated carbocycles. The standard InChI is InChI=1S/C14H9Cl2F3O/c15-11-8-13(16,14(17,18)19)7-6-10(11)12(20)9-4-2-1-3-5-9/h1-7H,8H2. The summed E-state index contributed by atoms with van der Waals surface area (Å²) in [5.74, 6) is -0.423. The fourth-order valence-corrected chi connectivity index (χ4v) is 2.45. The molecule has 0 radical (unpaired) electrons. The molecule has 0 heterocycles. The summed E-state index contributed by atoms with van der Waals surface area (Å²) in [6.45, 7) is 0. The number of benzene rings is 1. The maximum absolute atomic E-state index is 12.8. The molecule has 1 aromatic carbocycles. The molecule has 0 N–H and O–H groups in total. The van der Waals surface area contributed by atoms with Gasteiger partial charge >= 0.3 is 6.18 Å². The molecule has 0 aromatic heterocycles. The number of alkyl halides is 4. The molecule has 0 spiro atoms. The first-order valence-electron chi connectivity index (χ1n) is 5.68. The Balaban J connectivity index is 2.31. The number of carbonyl (C=O) groups is 1. The summed E-state index contributed by atoms with van der Waals surface area (Å²) >= 11 is 11.4. The van der Waals surface area contributed by atoms with Crippen LogP contribution in [0.15, 0.2) is 53.1 Å². The van der Waals surface area contributed by atoms with Gasteiger partial charge in [-0.3, -0.25) is 4.79 Å². The Kier molecular flexibility index (Phi) is 3.98. The number of allylic oxidation sites excluding steroid dienone is 4. The van der Waals surface area contributed by atoms with E-state index in [1.807, 2.05) is 0 Å². The van der Waals surface area contributed by atoms with E-state index in [9.17, 15) is 18.0 Å². The molecule has 1 aliphatic rings. The van der Waals surface area contributed by atoms with Crippen LogP contribution in [0.2, 0.25) is 0 Å². The van der Waals surface area contributed by atoms with Crippen molar-refractivity contribution in [1.82, 2.24) is 0 Å². The Morgan fingerprint density at radius 1 is 1.20 bits per heavy atom. The van der Waals surface area contributed by atoms with Gasteiger partial charge in [0.05, 0.1) is 0 Å². The van der Waals surface area contributed by atoms with E-state index in [1.165, 1.54) is 0 Å². The molecule has 6 heteroatoms. The highest BCUT2D eigenvalue weighted by atomic mass is 35.5. The van der Waals surface area contributed by atoms with Gasteiger partial charge < -0.3 is 0 Å². The summed E-state index contributed by atoms with van der Waals surface area (Å²) in [4.78, 5) is 9.60. The van der Waals surface area contributed by atoms with Crippen LogP contribution in [-0.4, -0.2) is 16.8 Å². The lowest BCUT2D eigenvalue weighted by molar-refractivity contribution is -0.149. The highest BCUT2D eigenvalue weighted by Gasteiger charge is 2.53. The van der Waals surface area contributed by atoms with E-state index >= 15 is 0 Å². The van der Waals surface area contributed by atoms with Crippen molar-refractivity contribution in [3.63, 3.8) is 0 Å². The van der Waals surface area contributed by atoms with Gasteiger partial charge in [0.15, 0.2) is 10.7 Å². The summed E-state index contributed by atoms with van der Waals surface area (Å²) in [5.41, 5.74) is 0.401. The van der Waals surface area contributed by atoms with E-state index in [0.717, 1.165) is 12.2 Å². The lowest BCUT2D eigenvalue weighted by Crippen LogP contribution is -2.39. The van der Waals surface area contributed by atoms with Crippen LogP contribution < -0.4 is 0 Å². The van der Waals surface area contributed by atoms with E-state index < -0.39 is 23.3 Å². The van der Waals surface area contributed by atoms with Crippen molar-refractivity contribution >= 4 is 29.0 Å². The third kappa shape index (κ3) is 2.76. The fraction of sp³-hybridized carbons (Fsp3) is 0.214. The van der Waals surface area contributed by atoms with Gasteiger partial charge in [0.2, 0.25) is 0 Å². The molecular weight excluding hydrogens is 312 g/mol. The van der Waals surface area contributed by atoms with E-state index in [0.29, 0.717) is 5.56 Å². The summed E-state index contributed by atoms with van der Waals surface area (Å²) in [6, 6.07) is 8.20. The highest BCUT2D eigenvalue weighted by molar-refractivity contribution is 6.35. The minimum atomic E-state index is -4.63. The first-order chi connectivity index (χ1) is 9.24. The largest absolute Gasteiger partial charge is 0.411 e. The van der Waals surface area contributed by atoms with Gasteiger partial charge in [-0.2, -0.15) is 13.2 Å². The van der Waals surface area contributed by atoms with Gasteiger partial charge in [-0.25, -0.2) is 0 Å². The van der Waals surface area contributed by atoms with Gasteiger partial charge in [-0.05, 0) is 0 Å². The normalized spacial score (nSPS) is 23.1. The zero-order chi connectivity index (χ0) is 15.0. The zero-order valence-corrected chi connectivity index (χ0v) is 11.6. The molecule has 1 aromatic rings. The van der Waals surface area contributed by atoms with Crippen LogP contribution in [0.4, 0.5) is 13.2 Å². The predicted molar refractivity (Wildman–Crippen MR) is 72.0 cm³/mol. The maximum Gasteiger partial charge on any atom is 0.411 e. The number of hydrogen-bond donors (Lipinski definition) is 0. The van der Waals surface area contributed by atoms with Crippen molar-refractivity contribution in [2.24, 2.45) is 0 Å². The van der Waals surface area contributed by atoms with E-state index in [2.05, 4.69) is 0 Å². The van der Waals surface area contributed by atoms with Crippen LogP contribution in [0, 0.1) is 0 Å². The Hall–Kier alpha value is -1.26. The second-order valence-electron chi connectivity index (χ2n) is 4.38. The molecule has 20 heavy (non-hydrogen) atoms. The second-order valence-corrected chi connectivity index (χ2v) is 5.51. The van der Waals surface area contributed by atoms with Gasteiger partial charge in [-0.15, -0.1) is 11.6 Å². The summed E-state index contributed by atoms with van der Waals surface area (Å²) < 4.78 is 38.4. The van der Waals surface area contributed by atoms with Gasteiger partial charge in [0.1, 0.15) is 0 Å². The lowest BCUT2D eigenvalue weighted by Gasteiger charge is -2.29. The molecule has 0 amide bonds. The molecule has 1 unspecified atom stereocenters. The van der Waals surface area contributed by atoms with Crippen LogP contribution in [-0.2, 0) is 0 Å². The lowest BCUT2D eigenvalue weighted by atomic mass is 9.91. The Bertz CT molecular complexity index is 590. The van der Waals surface area contributed by atoms with Crippen molar-refractivity contribution < 1.29 is 18.0 Å². The Morgan fingerprint density at radius 3 is 2.30 bits per heavy atom. The van der Waals surface area contributed by atoms with Crippen LogP contribution in [0.5, 0.6) is 0 Å². The number of carbonyl (C=O) groups excluding carboxylic acids is 1. The molecule has 0 aliphatic heterocycles. The molecular formula is C14H9Cl2F3O. The van der Waals surface area contributed by atoms with Crippen LogP contribution in [0.3, 0.4) is 0 Å². The molecule has 0 bridgehead atoms. The number of ketones is 1. The first kappa shape index (κ1) is 15.1. The molecule has 0 fully saturated rings. The number of Topliss-reactive ketones (excluding diaryl/α,β-unsaturated/α-hetero) is 1. The topological polar surface area (TPSA) is 17.1 Å². The molecule has 106 valence electrons. The van der Waals surface area contributed by atoms with E-state index in [-0.39, 0.29) is 10.6 Å². The summed E-state index contributed by atoms with van der Waals surface area (Å²) in [6.07, 6.45) is -3.46. The van der Waals surface area contributed by atoms with E-state index in [4.69, 9.17) is 23.2 Å². The van der Waals surface area contributed by atoms with Crippen molar-refractivity contribution in [3.05, 3.63) is 58.7 Å². The Labute approximate surface area is 123 Å². The van der Waals surface area contributed by atoms with Crippen molar-refractivity contribution in [2.45, 2.75) is 17.5 Å². The monoisotopic (exact) mass is 320 g/mol. The average Bonchev–Trinajstić information content (AvgIpc) is 2.38. The number of halogens is 5. The average molecular weight is 321 g/mol. The Morgan fingerprint density at radius 2 is 1.80 bits per heavy atom. The van der Waals surface area contributed by atoms with Gasteiger partial charge in [-0.1, -0.05) is 54.1 Å². The van der Waals surface area contributed by atoms with E-state index in [1.54, 1.807) is 30.3 Å². The van der Waals surface area contributed by atoms with Crippen molar-refractivity contribution in [2.75, 3.05) is 0 Å². The third-order valence-corrected chi connectivity index (χ3v) is 3.78. The SMILES string of the molecule is O=C(C1=C(Cl)CC(Cl)(C(F)(F)F)C=C1)c1ccccc1. The number of hydrogen-bond acceptors (Lipinski definition) is 1. The molecule has 1 atom stereocenters. The minimum Gasteiger partial charge on any atom is -0.289 e. The smallest absolute Gasteiger partial charge is 0.289 e. The third-order valence-electron chi connectivity index (χ3n) is 2.97. The quantitative estimate of drug-likeness (QED) is 0.561. The maximum atomic E-state index is 12.8. The van der Waals surface area contributed by atoms with Crippen molar-refractivity contribution in [3.8, 4) is 0 Å². The minimum absolute atomic E-state index is 0.0402. The highest BCUT2D eigenvalue weighted by Crippen LogP contribution is 2.46. The molecule has 1 aliphatic carbocycles. The summed E-state index contributed by atoms with van der Waals surface area (Å²) in [5, 5.41) is -0.186. The molecule has 2 rings (SSSR count). The van der Waals surface area contributed by atoms with Gasteiger partial charge in [0, 0.05) is 22.6 Å². The summed E-state index contributed by atoms with van der Waals surface area (Å²) in [7, 11) is 0. The molecule has 1 nitrogen and oxygen atoms in total. The van der Waals surface area contributed by atoms with Crippen molar-refractivity contribution in [1.29, 1.82) is 0 Å². The first-order valence-corrected chi connectivity index (χ1v) is 6.43. The van der Waals surface area contributed by atoms with Gasteiger partial charge in [0.25, 0.3) is 0 Å². The zero-order valence-electron chi connectivity index (χ0n) is 10.0.